The Kier molecular flexibility index (Phi) is 9.47. The number of nitrogens with zero attached hydrogens (tertiary/aromatic N) is 1. The number of nitrogens with one attached hydrogen (secondary N) is 1. The molecule has 3 saturated heterocycles. The summed E-state index contributed by atoms with van der Waals surface area (Å²) in [6.45, 7) is 4.94. The molecule has 0 spiro atoms. The van der Waals surface area contributed by atoms with Gasteiger partial charge < -0.3 is 29.4 Å². The molecule has 0 aliphatic carbocycles. The standard InChI is InChI=1S/C26H39ClN2O6S/c1-6-7-15-12-18(29(3)13-15)24(31)28-19(14(2)27)21-23-22(20(30)26(35-21)36-5)33-25(34-23)16-8-10-17(32-4)11-9-16/h8-11,14-15,18-23,25-26,30H,6-7,12-13H2,1-5H3,(H,28,31)/t14-,15+,18-,19+,20+,21+,22+,23-,25?,26+/m0/s1. The van der Waals surface area contributed by atoms with Crippen molar-refractivity contribution in [1.29, 1.82) is 0 Å². The molecule has 3 fully saturated rings. The van der Waals surface area contributed by atoms with Crippen LogP contribution in [0.25, 0.3) is 0 Å². The van der Waals surface area contributed by atoms with Crippen LogP contribution in [0.4, 0.5) is 0 Å². The maximum atomic E-state index is 13.4. The fourth-order valence-electron chi connectivity index (χ4n) is 5.63. The number of alkyl halides is 1. The van der Waals surface area contributed by atoms with Crippen LogP contribution >= 0.6 is 23.4 Å². The topological polar surface area (TPSA) is 89.5 Å². The van der Waals surface area contributed by atoms with E-state index in [1.807, 2.05) is 44.5 Å². The molecule has 0 saturated carbocycles. The molecule has 1 unspecified atom stereocenters. The Bertz CT molecular complexity index is 876. The Labute approximate surface area is 223 Å². The van der Waals surface area contributed by atoms with Gasteiger partial charge in [0.05, 0.1) is 24.6 Å². The van der Waals surface area contributed by atoms with E-state index in [9.17, 15) is 9.90 Å². The zero-order valence-corrected chi connectivity index (χ0v) is 23.2. The highest BCUT2D eigenvalue weighted by atomic mass is 35.5. The van der Waals surface area contributed by atoms with Gasteiger partial charge in [0.25, 0.3) is 0 Å². The zero-order chi connectivity index (χ0) is 26.0. The first-order chi connectivity index (χ1) is 17.3. The number of aliphatic hydroxyl groups excluding tert-OH is 1. The van der Waals surface area contributed by atoms with Gasteiger partial charge in [-0.1, -0.05) is 25.5 Å². The number of rotatable bonds is 9. The highest BCUT2D eigenvalue weighted by Crippen LogP contribution is 2.42. The third-order valence-corrected chi connectivity index (χ3v) is 8.65. The van der Waals surface area contributed by atoms with Crippen LogP contribution in [0.1, 0.15) is 45.0 Å². The predicted molar refractivity (Wildman–Crippen MR) is 140 cm³/mol. The number of carbonyl (C=O) groups excluding carboxylic acids is 1. The van der Waals surface area contributed by atoms with E-state index >= 15 is 0 Å². The molecular formula is C26H39ClN2O6S. The molecular weight excluding hydrogens is 504 g/mol. The third kappa shape index (κ3) is 5.82. The number of likely N-dealkylation sites (N-methyl/N-ethyl adjacent to an activating group) is 1. The minimum absolute atomic E-state index is 0.0498. The third-order valence-electron chi connectivity index (χ3n) is 7.53. The quantitative estimate of drug-likeness (QED) is 0.460. The van der Waals surface area contributed by atoms with Crippen molar-refractivity contribution in [3.05, 3.63) is 29.8 Å². The lowest BCUT2D eigenvalue weighted by Gasteiger charge is -2.43. The molecule has 1 amide bonds. The van der Waals surface area contributed by atoms with Crippen LogP contribution in [0.15, 0.2) is 24.3 Å². The smallest absolute Gasteiger partial charge is 0.237 e. The molecule has 36 heavy (non-hydrogen) atoms. The van der Waals surface area contributed by atoms with E-state index < -0.39 is 47.6 Å². The van der Waals surface area contributed by atoms with Gasteiger partial charge in [-0.2, -0.15) is 0 Å². The average molecular weight is 543 g/mol. The molecule has 0 bridgehead atoms. The SMILES string of the molecule is CCC[C@@H]1C[C@@H](C(=O)N[C@@H]([C@H]2O[C@H](SC)[C@H](O)[C@H]3OC(c4ccc(OC)cc4)O[C@H]32)[C@H](C)Cl)N(C)C1. The summed E-state index contributed by atoms with van der Waals surface area (Å²) in [5.41, 5.74) is 0.276. The van der Waals surface area contributed by atoms with Crippen molar-refractivity contribution < 1.29 is 28.8 Å². The number of amides is 1. The van der Waals surface area contributed by atoms with Crippen LogP contribution in [0.2, 0.25) is 0 Å². The lowest BCUT2D eigenvalue weighted by atomic mass is 9.92. The van der Waals surface area contributed by atoms with E-state index in [1.54, 1.807) is 7.11 Å². The highest BCUT2D eigenvalue weighted by Gasteiger charge is 2.55. The van der Waals surface area contributed by atoms with Gasteiger partial charge in [0.2, 0.25) is 5.91 Å². The van der Waals surface area contributed by atoms with Crippen molar-refractivity contribution in [2.45, 2.75) is 86.7 Å². The number of likely N-dealkylation sites (tertiary alicyclic amines) is 1. The minimum atomic E-state index is -0.887. The fourth-order valence-corrected chi connectivity index (χ4v) is 6.51. The van der Waals surface area contributed by atoms with Crippen LogP contribution in [0.5, 0.6) is 5.75 Å². The molecule has 3 aliphatic heterocycles. The van der Waals surface area contributed by atoms with Crippen LogP contribution in [-0.2, 0) is 19.0 Å². The molecule has 4 rings (SSSR count). The number of ether oxygens (including phenoxy) is 4. The lowest BCUT2D eigenvalue weighted by molar-refractivity contribution is -0.167. The molecule has 10 atom stereocenters. The van der Waals surface area contributed by atoms with Gasteiger partial charge in [-0.15, -0.1) is 23.4 Å². The summed E-state index contributed by atoms with van der Waals surface area (Å²) < 4.78 is 24.1. The number of methoxy groups -OCH3 is 1. The second-order valence-corrected chi connectivity index (χ2v) is 11.7. The molecule has 3 aliphatic rings. The fraction of sp³-hybridized carbons (Fsp3) is 0.731. The van der Waals surface area contributed by atoms with E-state index in [-0.39, 0.29) is 11.9 Å². The van der Waals surface area contributed by atoms with Gasteiger partial charge in [0, 0.05) is 12.1 Å². The predicted octanol–water partition coefficient (Wildman–Crippen LogP) is 3.16. The number of aliphatic hydroxyl groups is 1. The molecule has 1 aromatic rings. The first-order valence-electron chi connectivity index (χ1n) is 12.7. The van der Waals surface area contributed by atoms with E-state index in [0.717, 1.165) is 37.1 Å². The molecule has 2 N–H and O–H groups in total. The van der Waals surface area contributed by atoms with Crippen LogP contribution in [0, 0.1) is 5.92 Å². The molecule has 202 valence electrons. The molecule has 1 aromatic carbocycles. The minimum Gasteiger partial charge on any atom is -0.497 e. The maximum absolute atomic E-state index is 13.4. The number of fused-ring (bicyclic) bond motifs is 1. The molecule has 10 heteroatoms. The van der Waals surface area contributed by atoms with Crippen molar-refractivity contribution in [2.24, 2.45) is 5.92 Å². The van der Waals surface area contributed by atoms with Gasteiger partial charge >= 0.3 is 0 Å². The van der Waals surface area contributed by atoms with Gasteiger partial charge in [-0.3, -0.25) is 9.69 Å². The number of halogens is 1. The van der Waals surface area contributed by atoms with Gasteiger partial charge in [-0.25, -0.2) is 0 Å². The Balaban J connectivity index is 1.53. The highest BCUT2D eigenvalue weighted by molar-refractivity contribution is 7.99. The molecule has 8 nitrogen and oxygen atoms in total. The molecule has 3 heterocycles. The van der Waals surface area contributed by atoms with E-state index in [1.165, 1.54) is 11.8 Å². The number of hydrogen-bond donors (Lipinski definition) is 2. The number of carbonyl (C=O) groups is 1. The number of thioether (sulfide) groups is 1. The summed E-state index contributed by atoms with van der Waals surface area (Å²) in [4.78, 5) is 15.5. The zero-order valence-electron chi connectivity index (χ0n) is 21.6. The molecule has 0 aromatic heterocycles. The van der Waals surface area contributed by atoms with E-state index in [4.69, 9.17) is 30.5 Å². The summed E-state index contributed by atoms with van der Waals surface area (Å²) in [5.74, 6) is 1.20. The summed E-state index contributed by atoms with van der Waals surface area (Å²) in [5, 5.41) is 13.7. The van der Waals surface area contributed by atoms with Gasteiger partial charge in [0.1, 0.15) is 35.6 Å². The second kappa shape index (κ2) is 12.2. The average Bonchev–Trinajstić information content (AvgIpc) is 3.47. The first kappa shape index (κ1) is 28.0. The lowest BCUT2D eigenvalue weighted by Crippen LogP contribution is -2.64. The normalized spacial score (nSPS) is 36.3. The Morgan fingerprint density at radius 2 is 1.97 bits per heavy atom. The van der Waals surface area contributed by atoms with Crippen molar-refractivity contribution >= 4 is 29.3 Å². The van der Waals surface area contributed by atoms with E-state index in [0.29, 0.717) is 5.92 Å². The van der Waals surface area contributed by atoms with Crippen LogP contribution in [0.3, 0.4) is 0 Å². The van der Waals surface area contributed by atoms with Crippen LogP contribution in [-0.4, -0.2) is 90.2 Å². The largest absolute Gasteiger partial charge is 0.497 e. The van der Waals surface area contributed by atoms with Gasteiger partial charge in [-0.05, 0) is 51.1 Å². The molecule has 0 radical (unpaired) electrons. The number of hydrogen-bond acceptors (Lipinski definition) is 8. The summed E-state index contributed by atoms with van der Waals surface area (Å²) in [6.07, 6.45) is 1.56. The van der Waals surface area contributed by atoms with Gasteiger partial charge in [0.15, 0.2) is 6.29 Å². The Morgan fingerprint density at radius 3 is 2.58 bits per heavy atom. The second-order valence-electron chi connectivity index (χ2n) is 10.1. The van der Waals surface area contributed by atoms with E-state index in [2.05, 4.69) is 17.1 Å². The Morgan fingerprint density at radius 1 is 1.28 bits per heavy atom. The summed E-state index contributed by atoms with van der Waals surface area (Å²) >= 11 is 8.06. The summed E-state index contributed by atoms with van der Waals surface area (Å²) in [7, 11) is 3.61. The van der Waals surface area contributed by atoms with Crippen LogP contribution < -0.4 is 10.1 Å². The van der Waals surface area contributed by atoms with Crippen molar-refractivity contribution in [1.82, 2.24) is 10.2 Å². The first-order valence-corrected chi connectivity index (χ1v) is 14.5. The Hall–Kier alpha value is -1.07. The monoisotopic (exact) mass is 542 g/mol. The maximum Gasteiger partial charge on any atom is 0.237 e. The number of benzene rings is 1. The van der Waals surface area contributed by atoms with Crippen molar-refractivity contribution in [3.63, 3.8) is 0 Å². The summed E-state index contributed by atoms with van der Waals surface area (Å²) in [6, 6.07) is 6.71. The van der Waals surface area contributed by atoms with Crippen molar-refractivity contribution in [2.75, 3.05) is 27.0 Å². The van der Waals surface area contributed by atoms with Crippen molar-refractivity contribution in [3.8, 4) is 5.75 Å².